The number of hydrogen-bond acceptors (Lipinski definition) is 3. The molecule has 0 aliphatic carbocycles. The predicted molar refractivity (Wildman–Crippen MR) is 69.4 cm³/mol. The van der Waals surface area contributed by atoms with Gasteiger partial charge in [0.1, 0.15) is 0 Å². The van der Waals surface area contributed by atoms with Crippen molar-refractivity contribution in [1.82, 2.24) is 5.32 Å². The third-order valence-electron chi connectivity index (χ3n) is 2.77. The molecule has 1 aromatic rings. The van der Waals surface area contributed by atoms with Crippen LogP contribution in [0, 0.1) is 5.92 Å². The van der Waals surface area contributed by atoms with Gasteiger partial charge in [-0.3, -0.25) is 9.59 Å². The van der Waals surface area contributed by atoms with Gasteiger partial charge in [0.15, 0.2) is 0 Å². The molecule has 1 heterocycles. The van der Waals surface area contributed by atoms with Crippen molar-refractivity contribution < 1.29 is 14.4 Å². The van der Waals surface area contributed by atoms with Crippen LogP contribution in [0.3, 0.4) is 0 Å². The third-order valence-corrected chi connectivity index (χ3v) is 2.77. The van der Waals surface area contributed by atoms with E-state index in [0.29, 0.717) is 17.9 Å². The second kappa shape index (κ2) is 5.38. The van der Waals surface area contributed by atoms with Crippen molar-refractivity contribution in [1.29, 1.82) is 0 Å². The molecule has 0 saturated carbocycles. The van der Waals surface area contributed by atoms with Gasteiger partial charge in [-0.25, -0.2) is 4.79 Å². The van der Waals surface area contributed by atoms with Gasteiger partial charge in [0.2, 0.25) is 11.8 Å². The predicted octanol–water partition coefficient (Wildman–Crippen LogP) is 0.252. The Bertz CT molecular complexity index is 512. The maximum absolute atomic E-state index is 11.8. The van der Waals surface area contributed by atoms with E-state index in [1.165, 1.54) is 0 Å². The summed E-state index contributed by atoms with van der Waals surface area (Å²) in [5, 5.41) is 7.73. The van der Waals surface area contributed by atoms with Gasteiger partial charge in [-0.1, -0.05) is 0 Å². The van der Waals surface area contributed by atoms with E-state index in [-0.39, 0.29) is 24.2 Å². The molecule has 5 N–H and O–H groups in total. The summed E-state index contributed by atoms with van der Waals surface area (Å²) in [5.41, 5.74) is 6.12. The zero-order chi connectivity index (χ0) is 13.8. The number of carbonyl (C=O) groups is 3. The van der Waals surface area contributed by atoms with Crippen LogP contribution >= 0.6 is 0 Å². The van der Waals surface area contributed by atoms with Crippen molar-refractivity contribution >= 4 is 29.2 Å². The first-order valence-electron chi connectivity index (χ1n) is 5.78. The number of benzene rings is 1. The van der Waals surface area contributed by atoms with Gasteiger partial charge in [-0.05, 0) is 24.3 Å². The number of amides is 4. The third kappa shape index (κ3) is 3.44. The Morgan fingerprint density at radius 3 is 2.21 bits per heavy atom. The van der Waals surface area contributed by atoms with E-state index in [1.807, 2.05) is 0 Å². The molecule has 0 radical (unpaired) electrons. The molecule has 0 bridgehead atoms. The van der Waals surface area contributed by atoms with Crippen LogP contribution in [0.25, 0.3) is 0 Å². The minimum atomic E-state index is -0.646. The zero-order valence-electron chi connectivity index (χ0n) is 10.1. The Labute approximate surface area is 109 Å². The summed E-state index contributed by atoms with van der Waals surface area (Å²) in [5.74, 6) is -0.647. The van der Waals surface area contributed by atoms with Crippen LogP contribution in [-0.2, 0) is 9.59 Å². The first-order chi connectivity index (χ1) is 9.04. The highest BCUT2D eigenvalue weighted by Gasteiger charge is 2.27. The molecule has 1 atom stereocenters. The lowest BCUT2D eigenvalue weighted by atomic mass is 10.1. The van der Waals surface area contributed by atoms with E-state index in [0.717, 1.165) is 0 Å². The van der Waals surface area contributed by atoms with Crippen molar-refractivity contribution in [2.45, 2.75) is 6.42 Å². The number of anilines is 2. The molecular weight excluding hydrogens is 248 g/mol. The van der Waals surface area contributed by atoms with Gasteiger partial charge in [0, 0.05) is 24.3 Å². The minimum Gasteiger partial charge on any atom is -0.355 e. The molecule has 7 heteroatoms. The van der Waals surface area contributed by atoms with E-state index in [2.05, 4.69) is 16.0 Å². The highest BCUT2D eigenvalue weighted by molar-refractivity contribution is 5.97. The number of nitrogens with one attached hydrogen (secondary N) is 3. The van der Waals surface area contributed by atoms with Crippen LogP contribution in [0.1, 0.15) is 6.42 Å². The Hall–Kier alpha value is -2.57. The van der Waals surface area contributed by atoms with Gasteiger partial charge in [0.25, 0.3) is 0 Å². The summed E-state index contributed by atoms with van der Waals surface area (Å²) in [4.78, 5) is 33.5. The standard InChI is InChI=1S/C12H14N4O3/c13-12(19)16-9-3-1-8(2-4-9)15-11(18)7-5-10(17)14-6-7/h1-4,7H,5-6H2,(H,14,17)(H,15,18)(H3,13,16,19). The number of primary amides is 1. The minimum absolute atomic E-state index is 0.110. The van der Waals surface area contributed by atoms with Crippen molar-refractivity contribution in [2.24, 2.45) is 11.7 Å². The van der Waals surface area contributed by atoms with E-state index >= 15 is 0 Å². The Balaban J connectivity index is 1.94. The molecule has 1 aliphatic heterocycles. The fraction of sp³-hybridized carbons (Fsp3) is 0.250. The van der Waals surface area contributed by atoms with Crippen molar-refractivity contribution in [2.75, 3.05) is 17.2 Å². The number of rotatable bonds is 3. The van der Waals surface area contributed by atoms with Crippen LogP contribution in [0.15, 0.2) is 24.3 Å². The Morgan fingerprint density at radius 1 is 1.16 bits per heavy atom. The molecule has 1 fully saturated rings. The molecular formula is C12H14N4O3. The number of nitrogens with two attached hydrogens (primary N) is 1. The zero-order valence-corrected chi connectivity index (χ0v) is 10.1. The average Bonchev–Trinajstić information content (AvgIpc) is 2.78. The van der Waals surface area contributed by atoms with Gasteiger partial charge >= 0.3 is 6.03 Å². The second-order valence-corrected chi connectivity index (χ2v) is 4.26. The summed E-state index contributed by atoms with van der Waals surface area (Å²) in [6.45, 7) is 0.367. The normalized spacial score (nSPS) is 17.7. The Morgan fingerprint density at radius 2 is 1.74 bits per heavy atom. The van der Waals surface area contributed by atoms with E-state index in [4.69, 9.17) is 5.73 Å². The topological polar surface area (TPSA) is 113 Å². The highest BCUT2D eigenvalue weighted by atomic mass is 16.2. The lowest BCUT2D eigenvalue weighted by Crippen LogP contribution is -2.24. The quantitative estimate of drug-likeness (QED) is 0.626. The molecule has 1 unspecified atom stereocenters. The summed E-state index contributed by atoms with van der Waals surface area (Å²) >= 11 is 0. The fourth-order valence-corrected chi connectivity index (χ4v) is 1.81. The van der Waals surface area contributed by atoms with Crippen molar-refractivity contribution in [3.63, 3.8) is 0 Å². The maximum atomic E-state index is 11.8. The lowest BCUT2D eigenvalue weighted by Gasteiger charge is -2.09. The van der Waals surface area contributed by atoms with Gasteiger partial charge in [0.05, 0.1) is 5.92 Å². The van der Waals surface area contributed by atoms with Crippen LogP contribution in [0.5, 0.6) is 0 Å². The molecule has 1 saturated heterocycles. The second-order valence-electron chi connectivity index (χ2n) is 4.26. The fourth-order valence-electron chi connectivity index (χ4n) is 1.81. The number of urea groups is 1. The molecule has 1 aliphatic rings. The SMILES string of the molecule is NC(=O)Nc1ccc(NC(=O)C2CNC(=O)C2)cc1. The molecule has 4 amide bonds. The van der Waals surface area contributed by atoms with Gasteiger partial charge < -0.3 is 21.7 Å². The number of hydrogen-bond donors (Lipinski definition) is 4. The van der Waals surface area contributed by atoms with Gasteiger partial charge in [-0.15, -0.1) is 0 Å². The summed E-state index contributed by atoms with van der Waals surface area (Å²) in [6.07, 6.45) is 0.215. The van der Waals surface area contributed by atoms with Gasteiger partial charge in [-0.2, -0.15) is 0 Å². The molecule has 0 aromatic heterocycles. The van der Waals surface area contributed by atoms with E-state index < -0.39 is 6.03 Å². The van der Waals surface area contributed by atoms with Crippen LogP contribution in [0.4, 0.5) is 16.2 Å². The summed E-state index contributed by atoms with van der Waals surface area (Å²) in [6, 6.07) is 5.89. The lowest BCUT2D eigenvalue weighted by molar-refractivity contribution is -0.123. The highest BCUT2D eigenvalue weighted by Crippen LogP contribution is 2.16. The monoisotopic (exact) mass is 262 g/mol. The van der Waals surface area contributed by atoms with Crippen LogP contribution in [0.2, 0.25) is 0 Å². The number of carbonyl (C=O) groups excluding carboxylic acids is 3. The van der Waals surface area contributed by atoms with E-state index in [9.17, 15) is 14.4 Å². The Kier molecular flexibility index (Phi) is 3.65. The maximum Gasteiger partial charge on any atom is 0.316 e. The first-order valence-corrected chi connectivity index (χ1v) is 5.78. The smallest absolute Gasteiger partial charge is 0.316 e. The average molecular weight is 262 g/mol. The molecule has 2 rings (SSSR count). The molecule has 7 nitrogen and oxygen atoms in total. The van der Waals surface area contributed by atoms with E-state index in [1.54, 1.807) is 24.3 Å². The molecule has 100 valence electrons. The summed E-state index contributed by atoms with van der Waals surface area (Å²) in [7, 11) is 0. The molecule has 1 aromatic carbocycles. The van der Waals surface area contributed by atoms with Crippen LogP contribution in [-0.4, -0.2) is 24.4 Å². The summed E-state index contributed by atoms with van der Waals surface area (Å²) < 4.78 is 0. The largest absolute Gasteiger partial charge is 0.355 e. The first kappa shape index (κ1) is 12.9. The van der Waals surface area contributed by atoms with Crippen molar-refractivity contribution in [3.05, 3.63) is 24.3 Å². The molecule has 0 spiro atoms. The molecule has 19 heavy (non-hydrogen) atoms. The van der Waals surface area contributed by atoms with Crippen molar-refractivity contribution in [3.8, 4) is 0 Å². The van der Waals surface area contributed by atoms with Crippen LogP contribution < -0.4 is 21.7 Å².